The molecule has 5 nitrogen and oxygen atoms in total. The Bertz CT molecular complexity index is 568. The van der Waals surface area contributed by atoms with Crippen molar-refractivity contribution < 1.29 is 19.4 Å². The van der Waals surface area contributed by atoms with Gasteiger partial charge in [-0.2, -0.15) is 0 Å². The molecular weight excluding hydrogens is 282 g/mol. The standard InChI is InChI=1S/C17H23NO4/c1-16(2,3)22-14(19)12-6-4-5-7-13(12)17(15(20)21)8-10-18-11-9-17/h4-7,18H,8-11H2,1-3H3,(H,20,21). The fourth-order valence-electron chi connectivity index (χ4n) is 2.86. The molecule has 1 heterocycles. The molecule has 0 unspecified atom stereocenters. The van der Waals surface area contributed by atoms with Crippen LogP contribution in [0.5, 0.6) is 0 Å². The maximum Gasteiger partial charge on any atom is 0.338 e. The molecule has 0 atom stereocenters. The Kier molecular flexibility index (Phi) is 4.56. The number of ether oxygens (including phenoxy) is 1. The topological polar surface area (TPSA) is 75.6 Å². The molecule has 0 bridgehead atoms. The average molecular weight is 305 g/mol. The Morgan fingerprint density at radius 1 is 1.18 bits per heavy atom. The van der Waals surface area contributed by atoms with E-state index in [0.717, 1.165) is 0 Å². The van der Waals surface area contributed by atoms with Gasteiger partial charge in [0.05, 0.1) is 11.0 Å². The number of rotatable bonds is 3. The molecule has 120 valence electrons. The first-order valence-corrected chi connectivity index (χ1v) is 7.53. The van der Waals surface area contributed by atoms with Crippen molar-refractivity contribution in [2.75, 3.05) is 13.1 Å². The zero-order valence-electron chi connectivity index (χ0n) is 13.3. The lowest BCUT2D eigenvalue weighted by Crippen LogP contribution is -2.46. The van der Waals surface area contributed by atoms with Crippen molar-refractivity contribution in [3.8, 4) is 0 Å². The second-order valence-corrected chi connectivity index (χ2v) is 6.68. The first-order chi connectivity index (χ1) is 10.3. The summed E-state index contributed by atoms with van der Waals surface area (Å²) in [6.07, 6.45) is 0.921. The second kappa shape index (κ2) is 6.08. The zero-order valence-corrected chi connectivity index (χ0v) is 13.3. The number of carbonyl (C=O) groups excluding carboxylic acids is 1. The van der Waals surface area contributed by atoms with Crippen LogP contribution in [-0.4, -0.2) is 35.7 Å². The minimum atomic E-state index is -1.03. The van der Waals surface area contributed by atoms with Crippen molar-refractivity contribution >= 4 is 11.9 Å². The van der Waals surface area contributed by atoms with Crippen LogP contribution >= 0.6 is 0 Å². The van der Waals surface area contributed by atoms with Crippen LogP contribution in [0.25, 0.3) is 0 Å². The van der Waals surface area contributed by atoms with E-state index in [1.165, 1.54) is 0 Å². The Morgan fingerprint density at radius 2 is 1.77 bits per heavy atom. The van der Waals surface area contributed by atoms with E-state index in [1.807, 2.05) is 0 Å². The van der Waals surface area contributed by atoms with Gasteiger partial charge in [-0.3, -0.25) is 4.79 Å². The normalized spacial score (nSPS) is 17.8. The summed E-state index contributed by atoms with van der Waals surface area (Å²) in [7, 11) is 0. The number of carboxylic acids is 1. The minimum Gasteiger partial charge on any atom is -0.481 e. The van der Waals surface area contributed by atoms with Gasteiger partial charge >= 0.3 is 11.9 Å². The minimum absolute atomic E-state index is 0.349. The lowest BCUT2D eigenvalue weighted by Gasteiger charge is -2.35. The number of esters is 1. The highest BCUT2D eigenvalue weighted by molar-refractivity contribution is 5.95. The molecule has 22 heavy (non-hydrogen) atoms. The summed E-state index contributed by atoms with van der Waals surface area (Å²) in [4.78, 5) is 24.4. The van der Waals surface area contributed by atoms with Gasteiger partial charge in [-0.05, 0) is 58.3 Å². The van der Waals surface area contributed by atoms with Gasteiger partial charge in [0.1, 0.15) is 5.60 Å². The number of hydrogen-bond donors (Lipinski definition) is 2. The van der Waals surface area contributed by atoms with Gasteiger partial charge in [0.25, 0.3) is 0 Å². The Morgan fingerprint density at radius 3 is 2.32 bits per heavy atom. The van der Waals surface area contributed by atoms with Crippen molar-refractivity contribution in [1.29, 1.82) is 0 Å². The summed E-state index contributed by atoms with van der Waals surface area (Å²) in [6, 6.07) is 6.89. The number of benzene rings is 1. The molecule has 1 aliphatic rings. The summed E-state index contributed by atoms with van der Waals surface area (Å²) in [5.41, 5.74) is -0.743. The molecule has 1 aromatic carbocycles. The quantitative estimate of drug-likeness (QED) is 0.838. The maximum absolute atomic E-state index is 12.5. The SMILES string of the molecule is CC(C)(C)OC(=O)c1ccccc1C1(C(=O)O)CCNCC1. The fourth-order valence-corrected chi connectivity index (χ4v) is 2.86. The highest BCUT2D eigenvalue weighted by Gasteiger charge is 2.43. The summed E-state index contributed by atoms with van der Waals surface area (Å²) < 4.78 is 5.43. The van der Waals surface area contributed by atoms with E-state index >= 15 is 0 Å². The molecule has 1 fully saturated rings. The molecule has 1 aromatic rings. The van der Waals surface area contributed by atoms with Gasteiger partial charge < -0.3 is 15.2 Å². The van der Waals surface area contributed by atoms with E-state index in [-0.39, 0.29) is 0 Å². The van der Waals surface area contributed by atoms with E-state index in [2.05, 4.69) is 5.32 Å². The predicted molar refractivity (Wildman–Crippen MR) is 83.0 cm³/mol. The lowest BCUT2D eigenvalue weighted by atomic mass is 9.71. The van der Waals surface area contributed by atoms with E-state index < -0.39 is 23.0 Å². The summed E-state index contributed by atoms with van der Waals surface area (Å²) >= 11 is 0. The molecule has 0 radical (unpaired) electrons. The molecular formula is C17H23NO4. The van der Waals surface area contributed by atoms with Crippen LogP contribution in [0.1, 0.15) is 49.5 Å². The van der Waals surface area contributed by atoms with E-state index in [9.17, 15) is 14.7 Å². The van der Waals surface area contributed by atoms with Crippen LogP contribution in [-0.2, 0) is 14.9 Å². The van der Waals surface area contributed by atoms with E-state index in [4.69, 9.17) is 4.74 Å². The van der Waals surface area contributed by atoms with Crippen LogP contribution in [0.4, 0.5) is 0 Å². The molecule has 0 saturated carbocycles. The molecule has 0 spiro atoms. The van der Waals surface area contributed by atoms with Gasteiger partial charge in [0.15, 0.2) is 0 Å². The van der Waals surface area contributed by atoms with E-state index in [0.29, 0.717) is 37.1 Å². The average Bonchev–Trinajstić information content (AvgIpc) is 2.46. The van der Waals surface area contributed by atoms with Gasteiger partial charge in [0, 0.05) is 0 Å². The lowest BCUT2D eigenvalue weighted by molar-refractivity contribution is -0.145. The van der Waals surface area contributed by atoms with Gasteiger partial charge in [-0.15, -0.1) is 0 Å². The molecule has 0 aromatic heterocycles. The van der Waals surface area contributed by atoms with Gasteiger partial charge in [-0.1, -0.05) is 18.2 Å². The molecule has 1 saturated heterocycles. The van der Waals surface area contributed by atoms with Crippen LogP contribution in [0.2, 0.25) is 0 Å². The molecule has 2 rings (SSSR count). The Hall–Kier alpha value is -1.88. The number of nitrogens with one attached hydrogen (secondary N) is 1. The first-order valence-electron chi connectivity index (χ1n) is 7.53. The number of carbonyl (C=O) groups is 2. The number of piperidine rings is 1. The second-order valence-electron chi connectivity index (χ2n) is 6.68. The van der Waals surface area contributed by atoms with E-state index in [1.54, 1.807) is 45.0 Å². The monoisotopic (exact) mass is 305 g/mol. The number of aliphatic carboxylic acids is 1. The highest BCUT2D eigenvalue weighted by Crippen LogP contribution is 2.36. The van der Waals surface area contributed by atoms with Crippen molar-refractivity contribution in [1.82, 2.24) is 5.32 Å². The molecule has 5 heteroatoms. The predicted octanol–water partition coefficient (Wildman–Crippen LogP) is 2.35. The van der Waals surface area contributed by atoms with Crippen molar-refractivity contribution in [3.63, 3.8) is 0 Å². The highest BCUT2D eigenvalue weighted by atomic mass is 16.6. The number of hydrogen-bond acceptors (Lipinski definition) is 4. The number of carboxylic acid groups (broad SMARTS) is 1. The third-order valence-electron chi connectivity index (χ3n) is 3.93. The largest absolute Gasteiger partial charge is 0.481 e. The molecule has 0 amide bonds. The van der Waals surface area contributed by atoms with Crippen LogP contribution in [0.3, 0.4) is 0 Å². The van der Waals surface area contributed by atoms with Crippen LogP contribution < -0.4 is 5.32 Å². The first kappa shape index (κ1) is 16.5. The Labute approximate surface area is 130 Å². The molecule has 0 aliphatic carbocycles. The summed E-state index contributed by atoms with van der Waals surface area (Å²) in [6.45, 7) is 6.63. The molecule has 1 aliphatic heterocycles. The van der Waals surface area contributed by atoms with Crippen LogP contribution in [0, 0.1) is 0 Å². The summed E-state index contributed by atoms with van der Waals surface area (Å²) in [5, 5.41) is 13.0. The van der Waals surface area contributed by atoms with Crippen molar-refractivity contribution in [2.24, 2.45) is 0 Å². The van der Waals surface area contributed by atoms with Crippen molar-refractivity contribution in [3.05, 3.63) is 35.4 Å². The maximum atomic E-state index is 12.5. The third-order valence-corrected chi connectivity index (χ3v) is 3.93. The fraction of sp³-hybridized carbons (Fsp3) is 0.529. The van der Waals surface area contributed by atoms with Crippen LogP contribution in [0.15, 0.2) is 24.3 Å². The zero-order chi connectivity index (χ0) is 16.4. The van der Waals surface area contributed by atoms with Gasteiger partial charge in [-0.25, -0.2) is 4.79 Å². The smallest absolute Gasteiger partial charge is 0.338 e. The molecule has 2 N–H and O–H groups in total. The van der Waals surface area contributed by atoms with Gasteiger partial charge in [0.2, 0.25) is 0 Å². The van der Waals surface area contributed by atoms with Crippen molar-refractivity contribution in [2.45, 2.75) is 44.6 Å². The third kappa shape index (κ3) is 3.30. The Balaban J connectivity index is 2.46. The summed E-state index contributed by atoms with van der Waals surface area (Å²) in [5.74, 6) is -1.35.